The highest BCUT2D eigenvalue weighted by Crippen LogP contribution is 2.25. The number of nitrogens with zero attached hydrogens (tertiary/aromatic N) is 2. The molecule has 10 heteroatoms. The van der Waals surface area contributed by atoms with Crippen molar-refractivity contribution >= 4 is 58.8 Å². The van der Waals surface area contributed by atoms with E-state index in [1.807, 2.05) is 0 Å². The molecular weight excluding hydrogens is 549 g/mol. The van der Waals surface area contributed by atoms with E-state index in [0.29, 0.717) is 29.6 Å². The van der Waals surface area contributed by atoms with Gasteiger partial charge in [-0.2, -0.15) is 0 Å². The molecule has 1 saturated heterocycles. The predicted octanol–water partition coefficient (Wildman–Crippen LogP) is 2.99. The minimum absolute atomic E-state index is 0. The molecule has 1 unspecified atom stereocenters. The van der Waals surface area contributed by atoms with Crippen molar-refractivity contribution in [2.45, 2.75) is 6.04 Å². The monoisotopic (exact) mass is 577 g/mol. The number of morpholine rings is 1. The fourth-order valence-corrected chi connectivity index (χ4v) is 4.37. The van der Waals surface area contributed by atoms with Gasteiger partial charge >= 0.3 is 0 Å². The van der Waals surface area contributed by atoms with E-state index in [9.17, 15) is 4.79 Å². The fourth-order valence-electron chi connectivity index (χ4n) is 3.29. The molecule has 170 valence electrons. The van der Waals surface area contributed by atoms with Gasteiger partial charge in [-0.3, -0.25) is 14.7 Å². The van der Waals surface area contributed by atoms with Crippen LogP contribution in [-0.4, -0.2) is 69.8 Å². The topological polar surface area (TPSA) is 78.0 Å². The molecule has 7 nitrogen and oxygen atoms in total. The Labute approximate surface area is 209 Å². The van der Waals surface area contributed by atoms with Crippen molar-refractivity contribution in [1.82, 2.24) is 20.9 Å². The largest absolute Gasteiger partial charge is 0.379 e. The molecule has 1 amide bonds. The van der Waals surface area contributed by atoms with Gasteiger partial charge in [0.1, 0.15) is 0 Å². The minimum atomic E-state index is -0.185. The van der Waals surface area contributed by atoms with Crippen LogP contribution < -0.4 is 16.0 Å². The van der Waals surface area contributed by atoms with E-state index in [4.69, 9.17) is 16.3 Å². The molecule has 2 heterocycles. The molecule has 1 aliphatic rings. The van der Waals surface area contributed by atoms with Crippen LogP contribution in [0.2, 0.25) is 5.02 Å². The van der Waals surface area contributed by atoms with Crippen LogP contribution in [0.15, 0.2) is 46.8 Å². The van der Waals surface area contributed by atoms with E-state index in [2.05, 4.69) is 43.4 Å². The predicted molar refractivity (Wildman–Crippen MR) is 138 cm³/mol. The zero-order valence-corrected chi connectivity index (χ0v) is 21.4. The lowest BCUT2D eigenvalue weighted by molar-refractivity contribution is 0.0177. The maximum atomic E-state index is 12.2. The second-order valence-electron chi connectivity index (χ2n) is 6.80. The van der Waals surface area contributed by atoms with Crippen molar-refractivity contribution in [3.05, 3.63) is 57.2 Å². The number of nitrogens with one attached hydrogen (secondary N) is 3. The van der Waals surface area contributed by atoms with Crippen LogP contribution >= 0.6 is 46.9 Å². The Morgan fingerprint density at radius 1 is 1.16 bits per heavy atom. The van der Waals surface area contributed by atoms with Gasteiger partial charge in [0.25, 0.3) is 5.91 Å². The number of guanidine groups is 1. The van der Waals surface area contributed by atoms with Gasteiger partial charge in [-0.05, 0) is 23.6 Å². The van der Waals surface area contributed by atoms with Gasteiger partial charge < -0.3 is 20.7 Å². The quantitative estimate of drug-likeness (QED) is 0.195. The number of hydrogen-bond acceptors (Lipinski definition) is 5. The highest BCUT2D eigenvalue weighted by molar-refractivity contribution is 14.0. The average molecular weight is 578 g/mol. The summed E-state index contributed by atoms with van der Waals surface area (Å²) in [6.45, 7) is 5.13. The van der Waals surface area contributed by atoms with Crippen molar-refractivity contribution < 1.29 is 9.53 Å². The first kappa shape index (κ1) is 25.9. The molecule has 3 rings (SSSR count). The number of amides is 1. The van der Waals surface area contributed by atoms with Crippen LogP contribution in [0.5, 0.6) is 0 Å². The van der Waals surface area contributed by atoms with Crippen molar-refractivity contribution in [1.29, 1.82) is 0 Å². The normalized spacial score (nSPS) is 15.6. The lowest BCUT2D eigenvalue weighted by Crippen LogP contribution is -2.47. The third-order valence-electron chi connectivity index (χ3n) is 4.87. The maximum Gasteiger partial charge on any atom is 0.252 e. The smallest absolute Gasteiger partial charge is 0.252 e. The number of benzene rings is 1. The molecule has 3 N–H and O–H groups in total. The van der Waals surface area contributed by atoms with Crippen LogP contribution in [0.4, 0.5) is 0 Å². The van der Waals surface area contributed by atoms with Crippen LogP contribution in [0, 0.1) is 0 Å². The number of thiophene rings is 1. The summed E-state index contributed by atoms with van der Waals surface area (Å²) in [5, 5.41) is 12.1. The number of aliphatic imine (C=N–C) groups is 1. The molecule has 1 fully saturated rings. The van der Waals surface area contributed by atoms with Gasteiger partial charge in [0.15, 0.2) is 5.96 Å². The van der Waals surface area contributed by atoms with Crippen molar-refractivity contribution in [3.63, 3.8) is 0 Å². The van der Waals surface area contributed by atoms with E-state index < -0.39 is 0 Å². The van der Waals surface area contributed by atoms with E-state index in [-0.39, 0.29) is 35.9 Å². The van der Waals surface area contributed by atoms with E-state index in [1.54, 1.807) is 42.6 Å². The molecule has 0 radical (unpaired) electrons. The summed E-state index contributed by atoms with van der Waals surface area (Å²) in [5.41, 5.74) is 0.478. The Kier molecular flexibility index (Phi) is 11.6. The fraction of sp³-hybridized carbons (Fsp3) is 0.429. The molecule has 2 aromatic rings. The SMILES string of the molecule is CN=C(NCCNC(=O)c1ccccc1Cl)NCC(c1cccs1)N1CCOCC1.I. The van der Waals surface area contributed by atoms with Crippen LogP contribution in [0.25, 0.3) is 0 Å². The van der Waals surface area contributed by atoms with Crippen molar-refractivity contribution in [2.75, 3.05) is 53.0 Å². The molecule has 0 bridgehead atoms. The third kappa shape index (κ3) is 7.90. The van der Waals surface area contributed by atoms with Gasteiger partial charge in [0, 0.05) is 44.6 Å². The third-order valence-corrected chi connectivity index (χ3v) is 6.17. The first-order valence-electron chi connectivity index (χ1n) is 10.0. The molecule has 0 spiro atoms. The summed E-state index contributed by atoms with van der Waals surface area (Å²) in [7, 11) is 1.74. The Hall–Kier alpha value is -1.40. The lowest BCUT2D eigenvalue weighted by Gasteiger charge is -2.34. The zero-order valence-electron chi connectivity index (χ0n) is 17.5. The maximum absolute atomic E-state index is 12.2. The first-order chi connectivity index (χ1) is 14.7. The summed E-state index contributed by atoms with van der Waals surface area (Å²) in [4.78, 5) is 20.3. The van der Waals surface area contributed by atoms with Gasteiger partial charge in [-0.25, -0.2) is 0 Å². The van der Waals surface area contributed by atoms with Gasteiger partial charge in [-0.15, -0.1) is 35.3 Å². The van der Waals surface area contributed by atoms with E-state index >= 15 is 0 Å². The molecule has 1 atom stereocenters. The second kappa shape index (κ2) is 13.9. The van der Waals surface area contributed by atoms with Crippen LogP contribution in [-0.2, 0) is 4.74 Å². The first-order valence-corrected chi connectivity index (χ1v) is 11.3. The lowest BCUT2D eigenvalue weighted by atomic mass is 10.2. The molecule has 1 aromatic carbocycles. The number of hydrogen-bond donors (Lipinski definition) is 3. The number of ether oxygens (including phenoxy) is 1. The number of carbonyl (C=O) groups is 1. The standard InChI is InChI=1S/C21H28ClN5O2S.HI/c1-23-21(25-9-8-24-20(28)16-5-2-3-6-17(16)22)26-15-18(19-7-4-14-30-19)27-10-12-29-13-11-27;/h2-7,14,18H,8-13,15H2,1H3,(H,24,28)(H2,23,25,26);1H. The Morgan fingerprint density at radius 3 is 2.58 bits per heavy atom. The molecule has 1 aromatic heterocycles. The van der Waals surface area contributed by atoms with Gasteiger partial charge in [0.05, 0.1) is 29.8 Å². The van der Waals surface area contributed by atoms with Crippen LogP contribution in [0.3, 0.4) is 0 Å². The minimum Gasteiger partial charge on any atom is -0.379 e. The van der Waals surface area contributed by atoms with E-state index in [0.717, 1.165) is 32.8 Å². The highest BCUT2D eigenvalue weighted by atomic mass is 127. The Balaban J connectivity index is 0.00000341. The van der Waals surface area contributed by atoms with Gasteiger partial charge in [0.2, 0.25) is 0 Å². The zero-order chi connectivity index (χ0) is 21.2. The summed E-state index contributed by atoms with van der Waals surface area (Å²) in [6, 6.07) is 11.5. The number of halogens is 2. The van der Waals surface area contributed by atoms with Crippen molar-refractivity contribution in [2.24, 2.45) is 4.99 Å². The summed E-state index contributed by atoms with van der Waals surface area (Å²) < 4.78 is 5.50. The van der Waals surface area contributed by atoms with Crippen LogP contribution in [0.1, 0.15) is 21.3 Å². The summed E-state index contributed by atoms with van der Waals surface area (Å²) in [6.07, 6.45) is 0. The Morgan fingerprint density at radius 2 is 1.90 bits per heavy atom. The summed E-state index contributed by atoms with van der Waals surface area (Å²) >= 11 is 7.83. The average Bonchev–Trinajstić information content (AvgIpc) is 3.31. The molecule has 0 aliphatic carbocycles. The van der Waals surface area contributed by atoms with Gasteiger partial charge in [-0.1, -0.05) is 29.8 Å². The van der Waals surface area contributed by atoms with Crippen molar-refractivity contribution in [3.8, 4) is 0 Å². The number of carbonyl (C=O) groups excluding carboxylic acids is 1. The molecule has 31 heavy (non-hydrogen) atoms. The van der Waals surface area contributed by atoms with E-state index in [1.165, 1.54) is 4.88 Å². The summed E-state index contributed by atoms with van der Waals surface area (Å²) in [5.74, 6) is 0.521. The molecular formula is C21H29ClIN5O2S. The molecule has 0 saturated carbocycles. The molecule has 1 aliphatic heterocycles. The highest BCUT2D eigenvalue weighted by Gasteiger charge is 2.23. The second-order valence-corrected chi connectivity index (χ2v) is 8.18. The Bertz CT molecular complexity index is 831. The number of rotatable bonds is 8.